The van der Waals surface area contributed by atoms with Gasteiger partial charge < -0.3 is 14.8 Å². The zero-order valence-electron chi connectivity index (χ0n) is 11.1. The largest absolute Gasteiger partial charge is 0.475 e. The van der Waals surface area contributed by atoms with Crippen molar-refractivity contribution < 1.29 is 14.3 Å². The normalized spacial score (nSPS) is 18.8. The van der Waals surface area contributed by atoms with E-state index in [9.17, 15) is 4.79 Å². The summed E-state index contributed by atoms with van der Waals surface area (Å²) < 4.78 is 5.35. The van der Waals surface area contributed by atoms with Crippen molar-refractivity contribution in [3.05, 3.63) is 23.2 Å². The van der Waals surface area contributed by atoms with Gasteiger partial charge >= 0.3 is 5.97 Å². The molecule has 1 aliphatic rings. The minimum absolute atomic E-state index is 0.0561. The first-order valence-electron chi connectivity index (χ1n) is 6.58. The second kappa shape index (κ2) is 5.14. The summed E-state index contributed by atoms with van der Waals surface area (Å²) in [5.41, 5.74) is 0.857. The predicted molar refractivity (Wildman–Crippen MR) is 68.7 cm³/mol. The van der Waals surface area contributed by atoms with Gasteiger partial charge in [-0.2, -0.15) is 0 Å². The summed E-state index contributed by atoms with van der Waals surface area (Å²) in [7, 11) is 0. The molecular weight excluding hydrogens is 230 g/mol. The Labute approximate surface area is 107 Å². The van der Waals surface area contributed by atoms with Gasteiger partial charge in [0.1, 0.15) is 5.76 Å². The Morgan fingerprint density at radius 1 is 1.44 bits per heavy atom. The number of carboxylic acids is 1. The Morgan fingerprint density at radius 3 is 2.67 bits per heavy atom. The molecule has 2 rings (SSSR count). The summed E-state index contributed by atoms with van der Waals surface area (Å²) in [4.78, 5) is 10.9. The van der Waals surface area contributed by atoms with Gasteiger partial charge in [-0.05, 0) is 32.8 Å². The summed E-state index contributed by atoms with van der Waals surface area (Å²) in [6, 6.07) is 1.81. The van der Waals surface area contributed by atoms with Crippen LogP contribution in [0, 0.1) is 6.92 Å². The van der Waals surface area contributed by atoms with Crippen molar-refractivity contribution in [1.82, 2.24) is 5.32 Å². The van der Waals surface area contributed by atoms with Crippen molar-refractivity contribution in [2.45, 2.75) is 58.0 Å². The lowest BCUT2D eigenvalue weighted by atomic mass is 9.83. The number of nitrogens with one attached hydrogen (secondary N) is 1. The molecule has 0 atom stereocenters. The Bertz CT molecular complexity index is 430. The van der Waals surface area contributed by atoms with E-state index in [1.165, 1.54) is 32.1 Å². The molecule has 1 heterocycles. The van der Waals surface area contributed by atoms with E-state index in [0.29, 0.717) is 17.9 Å². The van der Waals surface area contributed by atoms with Gasteiger partial charge in [0.05, 0.1) is 6.54 Å². The van der Waals surface area contributed by atoms with Crippen molar-refractivity contribution in [3.8, 4) is 0 Å². The van der Waals surface area contributed by atoms with Crippen LogP contribution in [0.2, 0.25) is 0 Å². The van der Waals surface area contributed by atoms with Crippen LogP contribution in [-0.2, 0) is 6.54 Å². The highest BCUT2D eigenvalue weighted by molar-refractivity contribution is 5.86. The molecule has 0 bridgehead atoms. The van der Waals surface area contributed by atoms with Gasteiger partial charge in [-0.25, -0.2) is 4.79 Å². The zero-order chi connectivity index (χ0) is 13.2. The zero-order valence-corrected chi connectivity index (χ0v) is 11.1. The van der Waals surface area contributed by atoms with Gasteiger partial charge in [0, 0.05) is 11.1 Å². The van der Waals surface area contributed by atoms with E-state index in [0.717, 1.165) is 0 Å². The van der Waals surface area contributed by atoms with Crippen molar-refractivity contribution in [2.24, 2.45) is 0 Å². The maximum atomic E-state index is 10.9. The number of aromatic carboxylic acids is 1. The number of rotatable bonds is 4. The van der Waals surface area contributed by atoms with Crippen LogP contribution in [0.1, 0.15) is 60.9 Å². The van der Waals surface area contributed by atoms with Crippen molar-refractivity contribution in [2.75, 3.05) is 0 Å². The van der Waals surface area contributed by atoms with Crippen LogP contribution in [0.4, 0.5) is 0 Å². The lowest BCUT2D eigenvalue weighted by molar-refractivity contribution is 0.0658. The van der Waals surface area contributed by atoms with Gasteiger partial charge in [-0.3, -0.25) is 0 Å². The van der Waals surface area contributed by atoms with Crippen molar-refractivity contribution in [3.63, 3.8) is 0 Å². The van der Waals surface area contributed by atoms with Gasteiger partial charge in [-0.15, -0.1) is 0 Å². The third-order valence-corrected chi connectivity index (χ3v) is 3.81. The van der Waals surface area contributed by atoms with E-state index in [4.69, 9.17) is 9.52 Å². The molecule has 0 amide bonds. The standard InChI is InChI=1S/C14H21NO3/c1-10-8-11(18-12(10)13(16)17)9-15-14(2)6-4-3-5-7-14/h8,15H,3-7,9H2,1-2H3,(H,16,17). The van der Waals surface area contributed by atoms with Crippen LogP contribution in [0.15, 0.2) is 10.5 Å². The summed E-state index contributed by atoms with van der Waals surface area (Å²) in [5.74, 6) is -0.236. The number of aryl methyl sites for hydroxylation is 1. The molecule has 4 nitrogen and oxygen atoms in total. The van der Waals surface area contributed by atoms with Crippen LogP contribution in [0.5, 0.6) is 0 Å². The van der Waals surface area contributed by atoms with E-state index in [1.807, 2.05) is 6.07 Å². The van der Waals surface area contributed by atoms with Crippen LogP contribution in [-0.4, -0.2) is 16.6 Å². The van der Waals surface area contributed by atoms with E-state index in [1.54, 1.807) is 6.92 Å². The third-order valence-electron chi connectivity index (χ3n) is 3.81. The fourth-order valence-electron chi connectivity index (χ4n) is 2.66. The van der Waals surface area contributed by atoms with Gasteiger partial charge in [0.2, 0.25) is 5.76 Å². The maximum Gasteiger partial charge on any atom is 0.372 e. The first kappa shape index (κ1) is 13.1. The lowest BCUT2D eigenvalue weighted by Gasteiger charge is -2.34. The first-order valence-corrected chi connectivity index (χ1v) is 6.58. The topological polar surface area (TPSA) is 62.5 Å². The Kier molecular flexibility index (Phi) is 3.76. The molecule has 0 spiro atoms. The molecule has 1 saturated carbocycles. The molecule has 0 aliphatic heterocycles. The molecule has 4 heteroatoms. The number of carbonyl (C=O) groups is 1. The molecule has 1 aliphatic carbocycles. The van der Waals surface area contributed by atoms with Crippen LogP contribution < -0.4 is 5.32 Å². The summed E-state index contributed by atoms with van der Waals surface area (Å²) in [6.07, 6.45) is 6.21. The molecule has 0 aromatic carbocycles. The van der Waals surface area contributed by atoms with Gasteiger partial charge in [0.15, 0.2) is 0 Å². The summed E-state index contributed by atoms with van der Waals surface area (Å²) >= 11 is 0. The number of hydrogen-bond acceptors (Lipinski definition) is 3. The Hall–Kier alpha value is -1.29. The maximum absolute atomic E-state index is 10.9. The monoisotopic (exact) mass is 251 g/mol. The molecule has 100 valence electrons. The van der Waals surface area contributed by atoms with Crippen LogP contribution in [0.25, 0.3) is 0 Å². The molecule has 1 fully saturated rings. The molecule has 18 heavy (non-hydrogen) atoms. The third kappa shape index (κ3) is 2.93. The molecule has 0 unspecified atom stereocenters. The average Bonchev–Trinajstić information content (AvgIpc) is 2.69. The lowest BCUT2D eigenvalue weighted by Crippen LogP contribution is -2.43. The Morgan fingerprint density at radius 2 is 2.11 bits per heavy atom. The number of furan rings is 1. The molecule has 1 aromatic rings. The smallest absolute Gasteiger partial charge is 0.372 e. The van der Waals surface area contributed by atoms with Gasteiger partial charge in [-0.1, -0.05) is 19.3 Å². The number of hydrogen-bond donors (Lipinski definition) is 2. The molecule has 2 N–H and O–H groups in total. The fraction of sp³-hybridized carbons (Fsp3) is 0.643. The van der Waals surface area contributed by atoms with Crippen LogP contribution >= 0.6 is 0 Å². The minimum atomic E-state index is -0.998. The van der Waals surface area contributed by atoms with Crippen LogP contribution in [0.3, 0.4) is 0 Å². The van der Waals surface area contributed by atoms with Crippen molar-refractivity contribution in [1.29, 1.82) is 0 Å². The minimum Gasteiger partial charge on any atom is -0.475 e. The number of carboxylic acid groups (broad SMARTS) is 1. The van der Waals surface area contributed by atoms with Gasteiger partial charge in [0.25, 0.3) is 0 Å². The highest BCUT2D eigenvalue weighted by atomic mass is 16.4. The summed E-state index contributed by atoms with van der Waals surface area (Å²) in [5, 5.41) is 12.4. The first-order chi connectivity index (χ1) is 8.50. The molecular formula is C14H21NO3. The predicted octanol–water partition coefficient (Wildman–Crippen LogP) is 3.10. The van der Waals surface area contributed by atoms with Crippen molar-refractivity contribution >= 4 is 5.97 Å². The quantitative estimate of drug-likeness (QED) is 0.863. The highest BCUT2D eigenvalue weighted by Gasteiger charge is 2.26. The molecule has 1 aromatic heterocycles. The van der Waals surface area contributed by atoms with E-state index in [2.05, 4.69) is 12.2 Å². The second-order valence-corrected chi connectivity index (χ2v) is 5.50. The highest BCUT2D eigenvalue weighted by Crippen LogP contribution is 2.28. The fourth-order valence-corrected chi connectivity index (χ4v) is 2.66. The molecule has 0 radical (unpaired) electrons. The molecule has 0 saturated heterocycles. The SMILES string of the molecule is Cc1cc(CNC2(C)CCCCC2)oc1C(=O)O. The van der Waals surface area contributed by atoms with E-state index in [-0.39, 0.29) is 11.3 Å². The van der Waals surface area contributed by atoms with E-state index < -0.39 is 5.97 Å². The Balaban J connectivity index is 1.97. The summed E-state index contributed by atoms with van der Waals surface area (Å²) in [6.45, 7) is 4.60. The second-order valence-electron chi connectivity index (χ2n) is 5.50. The van der Waals surface area contributed by atoms with E-state index >= 15 is 0 Å². The average molecular weight is 251 g/mol.